The van der Waals surface area contributed by atoms with E-state index in [0.29, 0.717) is 34.8 Å². The smallest absolute Gasteiger partial charge is 0.320 e. The lowest BCUT2D eigenvalue weighted by Crippen LogP contribution is -2.38. The van der Waals surface area contributed by atoms with Crippen LogP contribution in [0.3, 0.4) is 0 Å². The molecule has 1 fully saturated rings. The summed E-state index contributed by atoms with van der Waals surface area (Å²) in [5.41, 5.74) is 12.2. The molecule has 30 heavy (non-hydrogen) atoms. The molecular weight excluding hydrogens is 412 g/mol. The molecule has 6 atom stereocenters. The highest BCUT2D eigenvalue weighted by atomic mass is 32.2. The number of aromatic nitrogens is 4. The number of nitrogen functional groups attached to an aromatic ring is 1. The van der Waals surface area contributed by atoms with Crippen LogP contribution in [0.5, 0.6) is 0 Å². The van der Waals surface area contributed by atoms with Crippen LogP contribution in [0.4, 0.5) is 5.82 Å². The molecule has 3 heterocycles. The fraction of sp³-hybridized carbons (Fsp3) is 0.556. The van der Waals surface area contributed by atoms with Gasteiger partial charge in [0.05, 0.1) is 6.33 Å². The first kappa shape index (κ1) is 22.3. The molecule has 11 nitrogen and oxygen atoms in total. The molecule has 0 aliphatic carbocycles. The van der Waals surface area contributed by atoms with Gasteiger partial charge >= 0.3 is 5.97 Å². The van der Waals surface area contributed by atoms with Crippen LogP contribution in [0.15, 0.2) is 12.7 Å². The molecule has 0 amide bonds. The van der Waals surface area contributed by atoms with E-state index in [0.717, 1.165) is 0 Å². The van der Waals surface area contributed by atoms with E-state index in [2.05, 4.69) is 26.8 Å². The third-order valence-corrected chi connectivity index (χ3v) is 7.05. The van der Waals surface area contributed by atoms with Crippen LogP contribution in [0.1, 0.15) is 19.6 Å². The predicted molar refractivity (Wildman–Crippen MR) is 111 cm³/mol. The number of aliphatic carboxylic acids is 1. The van der Waals surface area contributed by atoms with Gasteiger partial charge in [0, 0.05) is 17.3 Å². The Bertz CT molecular complexity index is 959. The van der Waals surface area contributed by atoms with Gasteiger partial charge in [0.2, 0.25) is 0 Å². The minimum atomic E-state index is -1.20. The number of nitrogens with zero attached hydrogens (tertiary/aromatic N) is 4. The lowest BCUT2D eigenvalue weighted by Gasteiger charge is -2.16. The summed E-state index contributed by atoms with van der Waals surface area (Å²) in [7, 11) is -0.363. The van der Waals surface area contributed by atoms with Crippen molar-refractivity contribution in [1.82, 2.24) is 19.5 Å². The van der Waals surface area contributed by atoms with E-state index in [4.69, 9.17) is 21.3 Å². The maximum atomic E-state index is 11.0. The topological polar surface area (TPSA) is 183 Å². The van der Waals surface area contributed by atoms with Gasteiger partial charge in [0.25, 0.3) is 0 Å². The van der Waals surface area contributed by atoms with Gasteiger partial charge in [-0.05, 0) is 12.8 Å². The van der Waals surface area contributed by atoms with Crippen molar-refractivity contribution in [1.29, 1.82) is 0 Å². The van der Waals surface area contributed by atoms with E-state index in [9.17, 15) is 15.0 Å². The van der Waals surface area contributed by atoms with Crippen molar-refractivity contribution in [2.45, 2.75) is 43.9 Å². The normalized spacial score (nSPS) is 25.6. The number of hydrogen-bond acceptors (Lipinski definition) is 9. The summed E-state index contributed by atoms with van der Waals surface area (Å²) in [6, 6.07) is -0.954. The summed E-state index contributed by atoms with van der Waals surface area (Å²) >= 11 is 0. The van der Waals surface area contributed by atoms with Crippen molar-refractivity contribution >= 4 is 33.8 Å². The highest BCUT2D eigenvalue weighted by Crippen LogP contribution is 2.32. The summed E-state index contributed by atoms with van der Waals surface area (Å²) in [5, 5.41) is 30.2. The second-order valence-corrected chi connectivity index (χ2v) is 9.17. The Morgan fingerprint density at radius 2 is 2.13 bits per heavy atom. The van der Waals surface area contributed by atoms with E-state index in [-0.39, 0.29) is 16.7 Å². The summed E-state index contributed by atoms with van der Waals surface area (Å²) in [5.74, 6) is 6.47. The molecule has 162 valence electrons. The SMILES string of the molecule is CC#CC[S+](CC[C@H](N)C(=O)O)C[C@H]1O[C@@H](n2cnc3c(N)ncnc32)C(O)C1O. The molecule has 12 heteroatoms. The average molecular weight is 438 g/mol. The molecule has 1 saturated heterocycles. The number of fused-ring (bicyclic) bond motifs is 1. The Balaban J connectivity index is 1.74. The average Bonchev–Trinajstić information content (AvgIpc) is 3.26. The number of aliphatic hydroxyl groups excluding tert-OH is 2. The van der Waals surface area contributed by atoms with Gasteiger partial charge in [0.15, 0.2) is 23.4 Å². The van der Waals surface area contributed by atoms with Crippen LogP contribution in [0.25, 0.3) is 11.2 Å². The van der Waals surface area contributed by atoms with E-state index in [1.807, 2.05) is 0 Å². The van der Waals surface area contributed by atoms with Crippen molar-refractivity contribution in [2.75, 3.05) is 23.0 Å². The number of nitrogens with two attached hydrogens (primary N) is 2. The number of rotatable bonds is 8. The van der Waals surface area contributed by atoms with Crippen LogP contribution in [0, 0.1) is 11.8 Å². The molecule has 1 aliphatic heterocycles. The molecule has 0 aromatic carbocycles. The maximum Gasteiger partial charge on any atom is 0.320 e. The van der Waals surface area contributed by atoms with Crippen molar-refractivity contribution in [2.24, 2.45) is 5.73 Å². The largest absolute Gasteiger partial charge is 0.480 e. The summed E-state index contributed by atoms with van der Waals surface area (Å²) < 4.78 is 7.50. The van der Waals surface area contributed by atoms with Gasteiger partial charge < -0.3 is 31.5 Å². The van der Waals surface area contributed by atoms with Crippen molar-refractivity contribution in [3.8, 4) is 11.8 Å². The Morgan fingerprint density at radius 1 is 1.37 bits per heavy atom. The van der Waals surface area contributed by atoms with Crippen molar-refractivity contribution in [3.63, 3.8) is 0 Å². The fourth-order valence-electron chi connectivity index (χ4n) is 3.19. The van der Waals surface area contributed by atoms with Gasteiger partial charge in [-0.15, -0.1) is 5.92 Å². The summed E-state index contributed by atoms with van der Waals surface area (Å²) in [6.45, 7) is 1.73. The van der Waals surface area contributed by atoms with E-state index in [1.54, 1.807) is 6.92 Å². The van der Waals surface area contributed by atoms with Crippen molar-refractivity contribution < 1.29 is 24.9 Å². The van der Waals surface area contributed by atoms with Crippen LogP contribution in [-0.4, -0.2) is 82.4 Å². The molecule has 2 aromatic rings. The molecule has 3 rings (SSSR count). The third kappa shape index (κ3) is 4.66. The monoisotopic (exact) mass is 437 g/mol. The molecule has 2 aromatic heterocycles. The maximum absolute atomic E-state index is 11.0. The van der Waals surface area contributed by atoms with E-state index in [1.165, 1.54) is 17.2 Å². The molecule has 7 N–H and O–H groups in total. The van der Waals surface area contributed by atoms with E-state index >= 15 is 0 Å². The van der Waals surface area contributed by atoms with Gasteiger partial charge in [-0.3, -0.25) is 9.36 Å². The highest BCUT2D eigenvalue weighted by Gasteiger charge is 2.47. The zero-order valence-corrected chi connectivity index (χ0v) is 17.2. The van der Waals surface area contributed by atoms with E-state index < -0.39 is 36.6 Å². The van der Waals surface area contributed by atoms with Gasteiger partial charge in [-0.2, -0.15) is 0 Å². The van der Waals surface area contributed by atoms with Gasteiger partial charge in [-0.25, -0.2) is 15.0 Å². The third-order valence-electron chi connectivity index (χ3n) is 4.89. The molecule has 1 aliphatic rings. The second-order valence-electron chi connectivity index (χ2n) is 6.92. The number of anilines is 1. The summed E-state index contributed by atoms with van der Waals surface area (Å²) in [4.78, 5) is 23.2. The van der Waals surface area contributed by atoms with Crippen molar-refractivity contribution in [3.05, 3.63) is 12.7 Å². The lowest BCUT2D eigenvalue weighted by molar-refractivity contribution is -0.138. The first-order valence-corrected chi connectivity index (χ1v) is 11.0. The molecule has 3 unspecified atom stereocenters. The highest BCUT2D eigenvalue weighted by molar-refractivity contribution is 7.97. The molecule has 0 radical (unpaired) electrons. The molecule has 0 saturated carbocycles. The zero-order valence-electron chi connectivity index (χ0n) is 16.4. The number of ether oxygens (including phenoxy) is 1. The van der Waals surface area contributed by atoms with Crippen LogP contribution in [-0.2, 0) is 20.4 Å². The Kier molecular flexibility index (Phi) is 7.11. The minimum absolute atomic E-state index is 0.206. The zero-order chi connectivity index (χ0) is 21.8. The number of carboxylic acids is 1. The first-order valence-electron chi connectivity index (χ1n) is 9.30. The standard InChI is InChI=1S/C18H24N6O5S/c1-2-3-5-30(6-4-10(19)18(27)28)7-11-13(25)14(26)17(29-11)24-9-23-12-15(20)21-8-22-16(12)24/h8-11,13-14,17,25-26H,4-7,19H2,1H3,(H2-,20,21,22,27,28)/p+1/t10-,11+,13?,14?,17+,30?/m0/s1. The molecular formula is C18H25N6O5S+. The number of carboxylic acid groups (broad SMARTS) is 1. The molecule has 0 spiro atoms. The number of hydrogen-bond donors (Lipinski definition) is 5. The second kappa shape index (κ2) is 9.59. The predicted octanol–water partition coefficient (Wildman–Crippen LogP) is -1.53. The number of imidazole rings is 1. The van der Waals surface area contributed by atoms with Gasteiger partial charge in [-0.1, -0.05) is 0 Å². The van der Waals surface area contributed by atoms with Crippen LogP contribution >= 0.6 is 0 Å². The molecule has 0 bridgehead atoms. The van der Waals surface area contributed by atoms with Crippen LogP contribution < -0.4 is 11.5 Å². The lowest BCUT2D eigenvalue weighted by atomic mass is 10.1. The quantitative estimate of drug-likeness (QED) is 0.240. The van der Waals surface area contributed by atoms with Crippen LogP contribution in [0.2, 0.25) is 0 Å². The fourth-order valence-corrected chi connectivity index (χ4v) is 5.30. The number of aliphatic hydroxyl groups is 2. The summed E-state index contributed by atoms with van der Waals surface area (Å²) in [6.07, 6.45) is -0.874. The Hall–Kier alpha value is -2.43. The Morgan fingerprint density at radius 3 is 2.83 bits per heavy atom. The minimum Gasteiger partial charge on any atom is -0.480 e. The van der Waals surface area contributed by atoms with Gasteiger partial charge in [0.1, 0.15) is 47.7 Å². The Labute approximate surface area is 175 Å². The first-order chi connectivity index (χ1) is 14.3. The number of carbonyl (C=O) groups is 1.